The van der Waals surface area contributed by atoms with Crippen LogP contribution in [0.3, 0.4) is 0 Å². The van der Waals surface area contributed by atoms with Crippen LogP contribution in [0.4, 0.5) is 16.0 Å². The van der Waals surface area contributed by atoms with E-state index in [1.54, 1.807) is 12.3 Å². The molecule has 7 nitrogen and oxygen atoms in total. The van der Waals surface area contributed by atoms with Gasteiger partial charge in [0.25, 0.3) is 0 Å². The lowest BCUT2D eigenvalue weighted by Crippen LogP contribution is -2.50. The molecule has 2 aromatic heterocycles. The smallest absolute Gasteiger partial charge is 0.165 e. The van der Waals surface area contributed by atoms with E-state index in [-0.39, 0.29) is 5.82 Å². The molecule has 0 unspecified atom stereocenters. The van der Waals surface area contributed by atoms with Crippen LogP contribution in [0, 0.1) is 5.82 Å². The third kappa shape index (κ3) is 6.56. The molecule has 34 heavy (non-hydrogen) atoms. The van der Waals surface area contributed by atoms with Crippen LogP contribution in [0.5, 0.6) is 0 Å². The first-order valence-electron chi connectivity index (χ1n) is 12.4. The summed E-state index contributed by atoms with van der Waals surface area (Å²) in [5.74, 6) is 0.513. The molecule has 9 heteroatoms. The van der Waals surface area contributed by atoms with Crippen LogP contribution in [-0.2, 0) is 4.74 Å². The molecule has 0 atom stereocenters. The molecule has 4 rings (SSSR count). The number of hydrogen-bond acceptors (Lipinski definition) is 7. The van der Waals surface area contributed by atoms with Crippen molar-refractivity contribution in [3.8, 4) is 11.3 Å². The molecule has 2 fully saturated rings. The van der Waals surface area contributed by atoms with Crippen LogP contribution in [-0.4, -0.2) is 53.9 Å². The summed E-state index contributed by atoms with van der Waals surface area (Å²) in [6.07, 6.45) is 8.73. The number of nitrogens with zero attached hydrogens (tertiary/aromatic N) is 2. The predicted molar refractivity (Wildman–Crippen MR) is 136 cm³/mol. The molecule has 0 amide bonds. The minimum atomic E-state index is -0.432. The molecule has 1 aliphatic heterocycles. The van der Waals surface area contributed by atoms with Crippen molar-refractivity contribution in [2.45, 2.75) is 69.5 Å². The van der Waals surface area contributed by atoms with Crippen molar-refractivity contribution in [2.24, 2.45) is 5.73 Å². The SMILES string of the molecule is CCCN[C@H]1CC[C@H](Nc2cc(-c3ccc(F)c(NCC4(N)CCOCC4)n3)c(Cl)cn2)CC1. The van der Waals surface area contributed by atoms with Gasteiger partial charge in [0.15, 0.2) is 11.6 Å². The minimum absolute atomic E-state index is 0.175. The fraction of sp³-hybridized carbons (Fsp3) is 0.600. The maximum absolute atomic E-state index is 14.5. The van der Waals surface area contributed by atoms with Gasteiger partial charge in [-0.1, -0.05) is 18.5 Å². The first-order valence-corrected chi connectivity index (χ1v) is 12.8. The number of nitrogens with two attached hydrogens (primary N) is 1. The topological polar surface area (TPSA) is 97.1 Å². The fourth-order valence-electron chi connectivity index (χ4n) is 4.64. The lowest BCUT2D eigenvalue weighted by molar-refractivity contribution is 0.0574. The molecular weight excluding hydrogens is 455 g/mol. The summed E-state index contributed by atoms with van der Waals surface area (Å²) in [5.41, 5.74) is 7.31. The second kappa shape index (κ2) is 11.6. The Balaban J connectivity index is 1.42. The zero-order valence-corrected chi connectivity index (χ0v) is 20.6. The second-order valence-electron chi connectivity index (χ2n) is 9.55. The Morgan fingerprint density at radius 3 is 2.65 bits per heavy atom. The molecule has 3 heterocycles. The Morgan fingerprint density at radius 2 is 1.91 bits per heavy atom. The van der Waals surface area contributed by atoms with Gasteiger partial charge in [0.05, 0.1) is 10.7 Å². The van der Waals surface area contributed by atoms with E-state index in [9.17, 15) is 4.39 Å². The van der Waals surface area contributed by atoms with Gasteiger partial charge in [-0.25, -0.2) is 14.4 Å². The number of aromatic nitrogens is 2. The molecule has 2 aromatic rings. The maximum Gasteiger partial charge on any atom is 0.165 e. The Bertz CT molecular complexity index is 947. The normalized spacial score (nSPS) is 22.4. The first kappa shape index (κ1) is 25.1. The first-order chi connectivity index (χ1) is 16.5. The second-order valence-corrected chi connectivity index (χ2v) is 9.96. The molecule has 0 aromatic carbocycles. The van der Waals surface area contributed by atoms with Crippen molar-refractivity contribution >= 4 is 23.2 Å². The molecule has 1 saturated carbocycles. The standard InChI is InChI=1S/C25H36ClFN6O/c1-2-11-29-17-3-5-18(6-4-17)32-23-14-19(20(26)15-30-23)22-8-7-21(27)24(33-22)31-16-25(28)9-12-34-13-10-25/h7-8,14-15,17-18,29H,2-6,9-13,16,28H2,1H3,(H,30,32)(H,31,33)/t17-,18-. The summed E-state index contributed by atoms with van der Waals surface area (Å²) < 4.78 is 19.9. The number of ether oxygens (including phenoxy) is 1. The number of halogens is 2. The van der Waals surface area contributed by atoms with Gasteiger partial charge in [-0.05, 0) is 69.7 Å². The zero-order valence-electron chi connectivity index (χ0n) is 19.9. The van der Waals surface area contributed by atoms with Gasteiger partial charge in [-0.15, -0.1) is 0 Å². The monoisotopic (exact) mass is 490 g/mol. The van der Waals surface area contributed by atoms with Crippen molar-refractivity contribution in [1.82, 2.24) is 15.3 Å². The van der Waals surface area contributed by atoms with Crippen molar-refractivity contribution in [2.75, 3.05) is 36.9 Å². The zero-order chi connectivity index (χ0) is 24.0. The summed E-state index contributed by atoms with van der Waals surface area (Å²) in [5, 5.41) is 10.7. The van der Waals surface area contributed by atoms with Crippen molar-refractivity contribution in [3.05, 3.63) is 35.2 Å². The van der Waals surface area contributed by atoms with E-state index in [0.29, 0.717) is 48.1 Å². The Labute approximate surface area is 206 Å². The van der Waals surface area contributed by atoms with E-state index in [1.165, 1.54) is 6.07 Å². The van der Waals surface area contributed by atoms with Crippen LogP contribution in [0.1, 0.15) is 51.9 Å². The van der Waals surface area contributed by atoms with Gasteiger partial charge in [0.2, 0.25) is 0 Å². The number of nitrogens with one attached hydrogen (secondary N) is 3. The molecule has 0 radical (unpaired) electrons. The van der Waals surface area contributed by atoms with Gasteiger partial charge in [0.1, 0.15) is 5.82 Å². The van der Waals surface area contributed by atoms with Gasteiger partial charge in [-0.2, -0.15) is 0 Å². The third-order valence-corrected chi connectivity index (χ3v) is 7.14. The van der Waals surface area contributed by atoms with Crippen LogP contribution < -0.4 is 21.7 Å². The lowest BCUT2D eigenvalue weighted by Gasteiger charge is -2.33. The average Bonchev–Trinajstić information content (AvgIpc) is 2.85. The molecule has 0 spiro atoms. The van der Waals surface area contributed by atoms with Gasteiger partial charge >= 0.3 is 0 Å². The Morgan fingerprint density at radius 1 is 1.18 bits per heavy atom. The van der Waals surface area contributed by atoms with E-state index in [2.05, 4.69) is 32.8 Å². The van der Waals surface area contributed by atoms with Crippen molar-refractivity contribution in [1.29, 1.82) is 0 Å². The molecular formula is C25H36ClFN6O. The highest BCUT2D eigenvalue weighted by atomic mass is 35.5. The molecule has 1 aliphatic carbocycles. The largest absolute Gasteiger partial charge is 0.381 e. The lowest BCUT2D eigenvalue weighted by atomic mass is 9.91. The summed E-state index contributed by atoms with van der Waals surface area (Å²) in [4.78, 5) is 8.99. The van der Waals surface area contributed by atoms with Gasteiger partial charge in [0, 0.05) is 49.1 Å². The predicted octanol–water partition coefficient (Wildman–Crippen LogP) is 4.58. The van der Waals surface area contributed by atoms with E-state index < -0.39 is 11.4 Å². The van der Waals surface area contributed by atoms with Crippen LogP contribution >= 0.6 is 11.6 Å². The molecule has 2 aliphatic rings. The van der Waals surface area contributed by atoms with E-state index in [1.807, 2.05) is 6.07 Å². The van der Waals surface area contributed by atoms with Gasteiger partial charge in [-0.3, -0.25) is 0 Å². The number of anilines is 2. The molecule has 0 bridgehead atoms. The van der Waals surface area contributed by atoms with E-state index in [0.717, 1.165) is 57.3 Å². The highest BCUT2D eigenvalue weighted by Crippen LogP contribution is 2.31. The minimum Gasteiger partial charge on any atom is -0.381 e. The van der Waals surface area contributed by atoms with E-state index in [4.69, 9.17) is 22.1 Å². The van der Waals surface area contributed by atoms with Crippen LogP contribution in [0.2, 0.25) is 5.02 Å². The van der Waals surface area contributed by atoms with E-state index >= 15 is 0 Å². The third-order valence-electron chi connectivity index (χ3n) is 6.84. The summed E-state index contributed by atoms with van der Waals surface area (Å²) in [6.45, 7) is 4.93. The van der Waals surface area contributed by atoms with Crippen LogP contribution in [0.15, 0.2) is 24.4 Å². The molecule has 186 valence electrons. The average molecular weight is 491 g/mol. The summed E-state index contributed by atoms with van der Waals surface area (Å²) >= 11 is 6.47. The number of hydrogen-bond donors (Lipinski definition) is 4. The molecule has 5 N–H and O–H groups in total. The Hall–Kier alpha value is -2.00. The van der Waals surface area contributed by atoms with Crippen molar-refractivity contribution in [3.63, 3.8) is 0 Å². The Kier molecular flexibility index (Phi) is 8.58. The van der Waals surface area contributed by atoms with Crippen LogP contribution in [0.25, 0.3) is 11.3 Å². The van der Waals surface area contributed by atoms with Crippen molar-refractivity contribution < 1.29 is 9.13 Å². The number of pyridine rings is 2. The maximum atomic E-state index is 14.5. The quantitative estimate of drug-likeness (QED) is 0.408. The van der Waals surface area contributed by atoms with Gasteiger partial charge < -0.3 is 26.4 Å². The number of rotatable bonds is 9. The summed E-state index contributed by atoms with van der Waals surface area (Å²) in [7, 11) is 0. The highest BCUT2D eigenvalue weighted by molar-refractivity contribution is 6.33. The summed E-state index contributed by atoms with van der Waals surface area (Å²) in [6, 6.07) is 5.93. The fourth-order valence-corrected chi connectivity index (χ4v) is 4.84. The highest BCUT2D eigenvalue weighted by Gasteiger charge is 2.28. The molecule has 1 saturated heterocycles.